The number of likely N-dealkylation sites (tertiary alicyclic amines) is 1. The van der Waals surface area contributed by atoms with Crippen molar-refractivity contribution in [3.63, 3.8) is 0 Å². The van der Waals surface area contributed by atoms with Crippen LogP contribution in [0.5, 0.6) is 0 Å². The molecule has 3 fully saturated rings. The Bertz CT molecular complexity index is 1240. The van der Waals surface area contributed by atoms with Crippen molar-refractivity contribution in [2.24, 2.45) is 5.16 Å². The van der Waals surface area contributed by atoms with Crippen LogP contribution in [0.25, 0.3) is 0 Å². The van der Waals surface area contributed by atoms with E-state index in [9.17, 15) is 29.5 Å². The zero-order valence-corrected chi connectivity index (χ0v) is 20.3. The van der Waals surface area contributed by atoms with Crippen LogP contribution in [0.15, 0.2) is 28.1 Å². The molecule has 5 N–H and O–H groups in total. The van der Waals surface area contributed by atoms with Gasteiger partial charge >= 0.3 is 5.97 Å². The van der Waals surface area contributed by atoms with Gasteiger partial charge < -0.3 is 36.7 Å². The normalized spacial score (nSPS) is 27.5. The molecule has 36 heavy (non-hydrogen) atoms. The lowest BCUT2D eigenvalue weighted by atomic mass is 10.0. The van der Waals surface area contributed by atoms with E-state index < -0.39 is 34.9 Å². The fraction of sp³-hybridized carbons (Fsp3) is 0.450. The smallest absolute Gasteiger partial charge is 0.352 e. The quantitative estimate of drug-likeness (QED) is 0.146. The molecule has 0 spiro atoms. The van der Waals surface area contributed by atoms with Gasteiger partial charge in [0.2, 0.25) is 5.91 Å². The van der Waals surface area contributed by atoms with Gasteiger partial charge in [-0.2, -0.15) is 9.36 Å². The Labute approximate surface area is 212 Å². The summed E-state index contributed by atoms with van der Waals surface area (Å²) in [5, 5.41) is 28.7. The van der Waals surface area contributed by atoms with Crippen molar-refractivity contribution in [3.05, 3.63) is 34.0 Å². The first-order valence-corrected chi connectivity index (χ1v) is 12.9. The number of nitrogens with one attached hydrogen (secondary N) is 2. The molecule has 5 rings (SSSR count). The molecule has 3 amide bonds. The SMILES string of the molecule is Nc1nc(/C(=N/[O-])C(=O)N[C@@H]2C(=O)N3C(C(=O)O)=C(/C=C4\CCN([C@@H]5CCNC5)C4=O)CS[C@H]23)ns1. The molecule has 4 aliphatic heterocycles. The first-order valence-electron chi connectivity index (χ1n) is 11.0. The summed E-state index contributed by atoms with van der Waals surface area (Å²) in [6.45, 7) is 2.16. The van der Waals surface area contributed by atoms with Crippen LogP contribution in [0.3, 0.4) is 0 Å². The van der Waals surface area contributed by atoms with E-state index in [0.29, 0.717) is 24.1 Å². The van der Waals surface area contributed by atoms with Crippen molar-refractivity contribution >= 4 is 57.8 Å². The standard InChI is InChI=1S/C20H22N8O6S2/c21-20-24-14(26-36-20)11(25-34)15(29)23-12-17(31)28-13(19(32)33)9(7-35-18(12)28)5-8-2-4-27(16(8)30)10-1-3-22-6-10/h5,10,12,18,22,34H,1-4,6-7H2,(H,23,29)(H,32,33)(H2,21,24,26)/p-1/b8-5+,25-11-/t10-,12-,18-/m1/s1. The maximum absolute atomic E-state index is 12.9. The number of nitrogens with two attached hydrogens (primary N) is 1. The molecule has 0 unspecified atom stereocenters. The van der Waals surface area contributed by atoms with E-state index in [-0.39, 0.29) is 34.4 Å². The van der Waals surface area contributed by atoms with Gasteiger partial charge in [-0.05, 0) is 31.0 Å². The first-order chi connectivity index (χ1) is 17.3. The zero-order chi connectivity index (χ0) is 25.6. The number of hydrogen-bond donors (Lipinski definition) is 4. The number of nitrogen functional groups attached to an aromatic ring is 1. The molecular formula is C20H21N8O6S2-. The van der Waals surface area contributed by atoms with Crippen LogP contribution in [0.1, 0.15) is 18.7 Å². The Balaban J connectivity index is 1.33. The van der Waals surface area contributed by atoms with E-state index in [1.165, 1.54) is 11.8 Å². The molecule has 190 valence electrons. The molecule has 3 saturated heterocycles. The number of rotatable bonds is 6. The highest BCUT2D eigenvalue weighted by molar-refractivity contribution is 8.00. The van der Waals surface area contributed by atoms with Gasteiger partial charge in [0.05, 0.1) is 0 Å². The van der Waals surface area contributed by atoms with Crippen LogP contribution < -0.4 is 16.4 Å². The lowest BCUT2D eigenvalue weighted by molar-refractivity contribution is -0.150. The zero-order valence-electron chi connectivity index (χ0n) is 18.7. The molecule has 0 radical (unpaired) electrons. The first kappa shape index (κ1) is 24.2. The number of thioether (sulfide) groups is 1. The number of carboxylic acids is 1. The van der Waals surface area contributed by atoms with Gasteiger partial charge in [-0.3, -0.25) is 19.3 Å². The van der Waals surface area contributed by atoms with Gasteiger partial charge in [0, 0.05) is 42.0 Å². The number of amides is 3. The lowest BCUT2D eigenvalue weighted by Gasteiger charge is -2.49. The monoisotopic (exact) mass is 533 g/mol. The number of β-lactam (4-membered cyclic amide) rings is 1. The number of anilines is 1. The Hall–Kier alpha value is -3.50. The van der Waals surface area contributed by atoms with Gasteiger partial charge in [-0.25, -0.2) is 4.79 Å². The number of carbonyl (C=O) groups excluding carboxylic acids is 3. The summed E-state index contributed by atoms with van der Waals surface area (Å²) in [5.74, 6) is -3.08. The van der Waals surface area contributed by atoms with Gasteiger partial charge in [0.1, 0.15) is 17.1 Å². The second-order valence-corrected chi connectivity index (χ2v) is 10.4. The highest BCUT2D eigenvalue weighted by atomic mass is 32.2. The molecule has 16 heteroatoms. The van der Waals surface area contributed by atoms with Gasteiger partial charge in [0.15, 0.2) is 16.7 Å². The van der Waals surface area contributed by atoms with Crippen molar-refractivity contribution in [2.45, 2.75) is 30.3 Å². The minimum atomic E-state index is -1.31. The summed E-state index contributed by atoms with van der Waals surface area (Å²) in [6.07, 6.45) is 2.95. The van der Waals surface area contributed by atoms with Crippen molar-refractivity contribution in [3.8, 4) is 0 Å². The minimum Gasteiger partial charge on any atom is -0.791 e. The molecule has 14 nitrogen and oxygen atoms in total. The van der Waals surface area contributed by atoms with Crippen molar-refractivity contribution < 1.29 is 24.3 Å². The van der Waals surface area contributed by atoms with Crippen molar-refractivity contribution in [2.75, 3.05) is 31.1 Å². The highest BCUT2D eigenvalue weighted by Crippen LogP contribution is 2.41. The van der Waals surface area contributed by atoms with E-state index in [2.05, 4.69) is 25.1 Å². The number of aliphatic carboxylic acids is 1. The summed E-state index contributed by atoms with van der Waals surface area (Å²) >= 11 is 2.03. The van der Waals surface area contributed by atoms with Crippen LogP contribution >= 0.6 is 23.3 Å². The third-order valence-electron chi connectivity index (χ3n) is 6.43. The van der Waals surface area contributed by atoms with Crippen LogP contribution in [0.2, 0.25) is 0 Å². The maximum atomic E-state index is 12.9. The van der Waals surface area contributed by atoms with Crippen molar-refractivity contribution in [1.82, 2.24) is 29.8 Å². The number of carboxylic acid groups (broad SMARTS) is 1. The molecule has 1 aromatic rings. The van der Waals surface area contributed by atoms with Crippen LogP contribution in [-0.2, 0) is 19.2 Å². The highest BCUT2D eigenvalue weighted by Gasteiger charge is 2.54. The van der Waals surface area contributed by atoms with E-state index in [0.717, 1.165) is 35.9 Å². The number of allylic oxidation sites excluding steroid dienone is 1. The summed E-state index contributed by atoms with van der Waals surface area (Å²) < 4.78 is 3.78. The molecule has 0 saturated carbocycles. The molecule has 0 aliphatic carbocycles. The second kappa shape index (κ2) is 9.51. The van der Waals surface area contributed by atoms with Crippen molar-refractivity contribution in [1.29, 1.82) is 0 Å². The van der Waals surface area contributed by atoms with Crippen LogP contribution in [0, 0.1) is 5.21 Å². The Morgan fingerprint density at radius 2 is 2.17 bits per heavy atom. The predicted molar refractivity (Wildman–Crippen MR) is 130 cm³/mol. The van der Waals surface area contributed by atoms with E-state index in [1.807, 2.05) is 4.90 Å². The number of hydrogen-bond acceptors (Lipinski definition) is 12. The largest absolute Gasteiger partial charge is 0.791 e. The number of carbonyl (C=O) groups is 4. The second-order valence-electron chi connectivity index (χ2n) is 8.50. The molecule has 4 aliphatic rings. The topological polar surface area (TPSA) is 206 Å². The summed E-state index contributed by atoms with van der Waals surface area (Å²) in [5.41, 5.74) is 5.51. The Morgan fingerprint density at radius 1 is 1.36 bits per heavy atom. The van der Waals surface area contributed by atoms with Crippen LogP contribution in [0.4, 0.5) is 5.13 Å². The van der Waals surface area contributed by atoms with E-state index >= 15 is 0 Å². The van der Waals surface area contributed by atoms with E-state index in [1.54, 1.807) is 6.08 Å². The molecule has 1 aromatic heterocycles. The van der Waals surface area contributed by atoms with Crippen LogP contribution in [-0.4, -0.2) is 96.5 Å². The lowest BCUT2D eigenvalue weighted by Crippen LogP contribution is -2.71. The van der Waals surface area contributed by atoms with E-state index in [4.69, 9.17) is 5.73 Å². The fourth-order valence-electron chi connectivity index (χ4n) is 4.71. The van der Waals surface area contributed by atoms with Gasteiger partial charge in [-0.15, -0.1) is 11.8 Å². The molecule has 0 aromatic carbocycles. The molecule has 5 heterocycles. The van der Waals surface area contributed by atoms with Gasteiger partial charge in [-0.1, -0.05) is 0 Å². The number of aromatic nitrogens is 2. The van der Waals surface area contributed by atoms with Gasteiger partial charge in [0.25, 0.3) is 11.8 Å². The third kappa shape index (κ3) is 4.10. The maximum Gasteiger partial charge on any atom is 0.352 e. The fourth-order valence-corrected chi connectivity index (χ4v) is 6.45. The summed E-state index contributed by atoms with van der Waals surface area (Å²) in [4.78, 5) is 57.2. The molecule has 3 atom stereocenters. The number of nitrogens with zero attached hydrogens (tertiary/aromatic N) is 5. The molecule has 0 bridgehead atoms. The Morgan fingerprint density at radius 3 is 2.81 bits per heavy atom. The molecular weight excluding hydrogens is 512 g/mol. The third-order valence-corrected chi connectivity index (χ3v) is 8.27. The Kier molecular flexibility index (Phi) is 6.40. The summed E-state index contributed by atoms with van der Waals surface area (Å²) in [6, 6.07) is -0.946. The number of fused-ring (bicyclic) bond motifs is 1. The predicted octanol–water partition coefficient (Wildman–Crippen LogP) is -1.33. The average molecular weight is 534 g/mol. The summed E-state index contributed by atoms with van der Waals surface area (Å²) in [7, 11) is 0. The minimum absolute atomic E-state index is 0.0364. The average Bonchev–Trinajstić information content (AvgIpc) is 3.60.